The van der Waals surface area contributed by atoms with E-state index in [1.807, 2.05) is 0 Å². The molecule has 1 amide bonds. The second-order valence-electron chi connectivity index (χ2n) is 5.11. The first-order valence-corrected chi connectivity index (χ1v) is 9.50. The van der Waals surface area contributed by atoms with Gasteiger partial charge in [-0.15, -0.1) is 0 Å². The zero-order valence-corrected chi connectivity index (χ0v) is 15.7. The second kappa shape index (κ2) is 8.47. The molecule has 132 valence electrons. The van der Waals surface area contributed by atoms with Crippen molar-refractivity contribution >= 4 is 51.6 Å². The highest BCUT2D eigenvalue weighted by atomic mass is 35.5. The summed E-state index contributed by atoms with van der Waals surface area (Å²) in [5, 5.41) is 3.27. The van der Waals surface area contributed by atoms with Crippen LogP contribution >= 0.6 is 23.2 Å². The van der Waals surface area contributed by atoms with Crippen molar-refractivity contribution in [1.82, 2.24) is 0 Å². The van der Waals surface area contributed by atoms with Gasteiger partial charge in [-0.3, -0.25) is 9.00 Å². The number of hydrogen-bond acceptors (Lipinski definition) is 4. The fraction of sp³-hybridized carbons (Fsp3) is 0.176. The second-order valence-corrected chi connectivity index (χ2v) is 7.30. The number of ether oxygens (including phenoxy) is 1. The predicted octanol–water partition coefficient (Wildman–Crippen LogP) is 3.91. The van der Waals surface area contributed by atoms with E-state index in [-0.39, 0.29) is 10.6 Å². The van der Waals surface area contributed by atoms with E-state index < -0.39 is 28.8 Å². The highest BCUT2D eigenvalue weighted by Crippen LogP contribution is 2.25. The number of benzene rings is 2. The first kappa shape index (κ1) is 19.4. The van der Waals surface area contributed by atoms with Crippen LogP contribution in [-0.2, 0) is 20.3 Å². The van der Waals surface area contributed by atoms with E-state index in [4.69, 9.17) is 27.9 Å². The van der Waals surface area contributed by atoms with Gasteiger partial charge in [-0.25, -0.2) is 4.79 Å². The van der Waals surface area contributed by atoms with Crippen molar-refractivity contribution in [2.75, 3.05) is 11.6 Å². The van der Waals surface area contributed by atoms with Gasteiger partial charge in [-0.2, -0.15) is 0 Å². The number of carbonyl (C=O) groups excluding carboxylic acids is 2. The lowest BCUT2D eigenvalue weighted by atomic mass is 10.2. The molecule has 2 aromatic rings. The molecule has 8 heteroatoms. The van der Waals surface area contributed by atoms with Crippen molar-refractivity contribution < 1.29 is 18.5 Å². The minimum Gasteiger partial charge on any atom is -0.449 e. The van der Waals surface area contributed by atoms with Crippen LogP contribution in [0.5, 0.6) is 0 Å². The lowest BCUT2D eigenvalue weighted by molar-refractivity contribution is -0.123. The molecule has 0 heterocycles. The zero-order chi connectivity index (χ0) is 18.6. The number of carbonyl (C=O) groups is 2. The van der Waals surface area contributed by atoms with Crippen LogP contribution in [0.15, 0.2) is 47.4 Å². The van der Waals surface area contributed by atoms with Crippen molar-refractivity contribution in [1.29, 1.82) is 0 Å². The summed E-state index contributed by atoms with van der Waals surface area (Å²) in [4.78, 5) is 24.8. The van der Waals surface area contributed by atoms with Gasteiger partial charge in [0.2, 0.25) is 0 Å². The Morgan fingerprint density at radius 3 is 2.48 bits per heavy atom. The van der Waals surface area contributed by atoms with Crippen LogP contribution in [0.4, 0.5) is 5.69 Å². The number of esters is 1. The number of hydrogen-bond donors (Lipinski definition) is 1. The van der Waals surface area contributed by atoms with Gasteiger partial charge in [0.25, 0.3) is 5.91 Å². The van der Waals surface area contributed by atoms with Crippen LogP contribution in [0.2, 0.25) is 10.0 Å². The zero-order valence-electron chi connectivity index (χ0n) is 13.4. The molecule has 5 nitrogen and oxygen atoms in total. The Hall–Kier alpha value is -1.89. The number of anilines is 1. The first-order valence-electron chi connectivity index (χ1n) is 7.19. The Bertz CT molecular complexity index is 841. The third kappa shape index (κ3) is 5.04. The maximum Gasteiger partial charge on any atom is 0.340 e. The van der Waals surface area contributed by atoms with Crippen LogP contribution in [-0.4, -0.2) is 28.4 Å². The lowest BCUT2D eigenvalue weighted by Crippen LogP contribution is -2.30. The molecule has 0 saturated heterocycles. The summed E-state index contributed by atoms with van der Waals surface area (Å²) in [6, 6.07) is 11.0. The summed E-state index contributed by atoms with van der Waals surface area (Å²) in [7, 11) is -1.35. The molecule has 0 spiro atoms. The van der Waals surface area contributed by atoms with Gasteiger partial charge in [0.05, 0.1) is 32.0 Å². The molecule has 0 saturated carbocycles. The van der Waals surface area contributed by atoms with Gasteiger partial charge in [0.1, 0.15) is 0 Å². The summed E-state index contributed by atoms with van der Waals surface area (Å²) >= 11 is 11.8. The van der Waals surface area contributed by atoms with Crippen LogP contribution in [0, 0.1) is 0 Å². The van der Waals surface area contributed by atoms with Gasteiger partial charge >= 0.3 is 5.97 Å². The average Bonchev–Trinajstić information content (AvgIpc) is 2.57. The van der Waals surface area contributed by atoms with E-state index in [0.717, 1.165) is 0 Å². The largest absolute Gasteiger partial charge is 0.449 e. The molecule has 0 radical (unpaired) electrons. The molecule has 0 aliphatic carbocycles. The molecule has 0 unspecified atom stereocenters. The van der Waals surface area contributed by atoms with Crippen LogP contribution in [0.3, 0.4) is 0 Å². The lowest BCUT2D eigenvalue weighted by Gasteiger charge is -2.15. The Kier molecular flexibility index (Phi) is 6.58. The molecule has 0 aliphatic rings. The highest BCUT2D eigenvalue weighted by Gasteiger charge is 2.22. The van der Waals surface area contributed by atoms with Gasteiger partial charge < -0.3 is 10.1 Å². The third-order valence-electron chi connectivity index (χ3n) is 3.26. The third-order valence-corrected chi connectivity index (χ3v) is 4.78. The normalized spacial score (nSPS) is 13.0. The maximum absolute atomic E-state index is 12.3. The number of nitrogens with one attached hydrogen (secondary N) is 1. The quantitative estimate of drug-likeness (QED) is 0.773. The van der Waals surface area contributed by atoms with Crippen molar-refractivity contribution in [2.45, 2.75) is 17.9 Å². The van der Waals surface area contributed by atoms with E-state index in [2.05, 4.69) is 5.32 Å². The van der Waals surface area contributed by atoms with Crippen molar-refractivity contribution in [3.05, 3.63) is 58.1 Å². The first-order chi connectivity index (χ1) is 11.8. The maximum atomic E-state index is 12.3. The Morgan fingerprint density at radius 1 is 1.16 bits per heavy atom. The molecule has 2 atom stereocenters. The van der Waals surface area contributed by atoms with Crippen molar-refractivity contribution in [2.24, 2.45) is 0 Å². The molecular weight excluding hydrogens is 385 g/mol. The minimum atomic E-state index is -1.35. The molecular formula is C17H15Cl2NO4S. The van der Waals surface area contributed by atoms with E-state index >= 15 is 0 Å². The molecule has 2 rings (SSSR count). The van der Waals surface area contributed by atoms with E-state index in [1.165, 1.54) is 25.3 Å². The fourth-order valence-electron chi connectivity index (χ4n) is 1.99. The Balaban J connectivity index is 2.08. The minimum absolute atomic E-state index is 0.160. The smallest absolute Gasteiger partial charge is 0.340 e. The van der Waals surface area contributed by atoms with Gasteiger partial charge in [0, 0.05) is 11.3 Å². The molecule has 2 aromatic carbocycles. The van der Waals surface area contributed by atoms with Gasteiger partial charge in [-0.05, 0) is 37.3 Å². The summed E-state index contributed by atoms with van der Waals surface area (Å²) in [5.41, 5.74) is 0.515. The Labute approximate surface area is 157 Å². The molecule has 0 aliphatic heterocycles. The molecule has 1 N–H and O–H groups in total. The Morgan fingerprint density at radius 2 is 1.84 bits per heavy atom. The topological polar surface area (TPSA) is 72.5 Å². The van der Waals surface area contributed by atoms with E-state index in [9.17, 15) is 13.8 Å². The van der Waals surface area contributed by atoms with Crippen LogP contribution in [0.25, 0.3) is 0 Å². The summed E-state index contributed by atoms with van der Waals surface area (Å²) in [6.45, 7) is 1.43. The fourth-order valence-corrected chi connectivity index (χ4v) is 3.18. The van der Waals surface area contributed by atoms with Crippen molar-refractivity contribution in [3.8, 4) is 0 Å². The molecule has 25 heavy (non-hydrogen) atoms. The standard InChI is InChI=1S/C17H15Cl2NO4S/c1-10(16(21)20-14-8-7-11(18)9-13(14)19)24-17(22)12-5-3-4-6-15(12)25(2)23/h3-10H,1-2H3,(H,20,21)/t10-,25-/m1/s1. The number of rotatable bonds is 5. The molecule has 0 fully saturated rings. The monoisotopic (exact) mass is 399 g/mol. The summed E-state index contributed by atoms with van der Waals surface area (Å²) < 4.78 is 16.9. The van der Waals surface area contributed by atoms with E-state index in [0.29, 0.717) is 15.6 Å². The molecule has 0 bridgehead atoms. The number of halogens is 2. The van der Waals surface area contributed by atoms with Crippen LogP contribution < -0.4 is 5.32 Å². The SMILES string of the molecule is C[C@@H](OC(=O)c1ccccc1[S@@](C)=O)C(=O)Nc1ccc(Cl)cc1Cl. The van der Waals surface area contributed by atoms with E-state index in [1.54, 1.807) is 30.3 Å². The van der Waals surface area contributed by atoms with Gasteiger partial charge in [0.15, 0.2) is 6.10 Å². The van der Waals surface area contributed by atoms with Gasteiger partial charge in [-0.1, -0.05) is 35.3 Å². The highest BCUT2D eigenvalue weighted by molar-refractivity contribution is 7.84. The number of amides is 1. The summed E-state index contributed by atoms with van der Waals surface area (Å²) in [6.07, 6.45) is 0.391. The van der Waals surface area contributed by atoms with Crippen LogP contribution in [0.1, 0.15) is 17.3 Å². The molecule has 0 aromatic heterocycles. The average molecular weight is 400 g/mol. The van der Waals surface area contributed by atoms with Crippen molar-refractivity contribution in [3.63, 3.8) is 0 Å². The predicted molar refractivity (Wildman–Crippen MR) is 98.7 cm³/mol. The summed E-state index contributed by atoms with van der Waals surface area (Å²) in [5.74, 6) is -1.27.